The molecule has 0 saturated carbocycles. The fourth-order valence-electron chi connectivity index (χ4n) is 0.680. The summed E-state index contributed by atoms with van der Waals surface area (Å²) in [6.07, 6.45) is 1.96. The van der Waals surface area contributed by atoms with E-state index in [2.05, 4.69) is 0 Å². The predicted molar refractivity (Wildman–Crippen MR) is 40.5 cm³/mol. The maximum absolute atomic E-state index is 10.3. The van der Waals surface area contributed by atoms with Gasteiger partial charge in [0.25, 0.3) is 0 Å². The van der Waals surface area contributed by atoms with E-state index < -0.39 is 10.6 Å². The molecule has 0 unspecified atom stereocenters. The lowest BCUT2D eigenvalue weighted by Gasteiger charge is -1.92. The molecule has 0 aromatic carbocycles. The Morgan fingerprint density at radius 2 is 1.83 bits per heavy atom. The van der Waals surface area contributed by atoms with Crippen LogP contribution < -0.4 is 4.73 Å². The fraction of sp³-hybridized carbons (Fsp3) is 0. The highest BCUT2D eigenvalue weighted by atomic mass is 35.5. The summed E-state index contributed by atoms with van der Waals surface area (Å²) in [5, 5.41) is 18.7. The first-order valence-electron chi connectivity index (χ1n) is 2.76. The van der Waals surface area contributed by atoms with E-state index in [9.17, 15) is 10.1 Å². The number of pyridine rings is 1. The van der Waals surface area contributed by atoms with Gasteiger partial charge in [0.2, 0.25) is 12.4 Å². The SMILES string of the molecule is O=[N+]([O-])c1c(Cl)c[n+](O)cc1Cl. The van der Waals surface area contributed by atoms with E-state index in [0.717, 1.165) is 12.4 Å². The lowest BCUT2D eigenvalue weighted by atomic mass is 10.4. The van der Waals surface area contributed by atoms with E-state index in [1.807, 2.05) is 0 Å². The second kappa shape index (κ2) is 3.12. The first-order chi connectivity index (χ1) is 5.52. The third kappa shape index (κ3) is 1.57. The highest BCUT2D eigenvalue weighted by molar-refractivity contribution is 6.37. The molecule has 0 aliphatic rings. The monoisotopic (exact) mass is 209 g/mol. The van der Waals surface area contributed by atoms with Gasteiger partial charge in [-0.1, -0.05) is 23.2 Å². The minimum atomic E-state index is -0.718. The van der Waals surface area contributed by atoms with E-state index in [1.54, 1.807) is 0 Å². The van der Waals surface area contributed by atoms with Gasteiger partial charge in [0.15, 0.2) is 10.0 Å². The van der Waals surface area contributed by atoms with Crippen LogP contribution in [0, 0.1) is 10.1 Å². The minimum absolute atomic E-state index is 0.213. The molecule has 0 saturated heterocycles. The maximum Gasteiger partial charge on any atom is 0.318 e. The second-order valence-corrected chi connectivity index (χ2v) is 2.75. The van der Waals surface area contributed by atoms with Gasteiger partial charge in [-0.15, -0.1) is 0 Å². The molecule has 5 nitrogen and oxygen atoms in total. The van der Waals surface area contributed by atoms with Crippen molar-refractivity contribution in [1.29, 1.82) is 0 Å². The summed E-state index contributed by atoms with van der Waals surface area (Å²) in [4.78, 5) is 9.58. The van der Waals surface area contributed by atoms with Crippen molar-refractivity contribution in [2.24, 2.45) is 0 Å². The number of halogens is 2. The molecule has 1 N–H and O–H groups in total. The number of aromatic nitrogens is 1. The van der Waals surface area contributed by atoms with Crippen LogP contribution >= 0.6 is 23.2 Å². The molecular weight excluding hydrogens is 207 g/mol. The largest absolute Gasteiger partial charge is 0.318 e. The Morgan fingerprint density at radius 3 is 2.17 bits per heavy atom. The Morgan fingerprint density at radius 1 is 1.42 bits per heavy atom. The van der Waals surface area contributed by atoms with Gasteiger partial charge in [-0.25, -0.2) is 0 Å². The zero-order chi connectivity index (χ0) is 9.30. The molecule has 0 aliphatic carbocycles. The molecule has 0 radical (unpaired) electrons. The summed E-state index contributed by atoms with van der Waals surface area (Å²) >= 11 is 10.8. The molecule has 1 aromatic rings. The Hall–Kier alpha value is -1.07. The van der Waals surface area contributed by atoms with Crippen LogP contribution in [0.5, 0.6) is 0 Å². The van der Waals surface area contributed by atoms with Crippen LogP contribution in [-0.2, 0) is 0 Å². The molecule has 0 atom stereocenters. The molecule has 64 valence electrons. The normalized spacial score (nSPS) is 9.83. The lowest BCUT2D eigenvalue weighted by molar-refractivity contribution is -0.904. The molecule has 1 heterocycles. The summed E-state index contributed by atoms with van der Waals surface area (Å²) in [6.45, 7) is 0. The second-order valence-electron chi connectivity index (χ2n) is 1.94. The molecular formula is C5H3Cl2N2O3+. The first kappa shape index (κ1) is 9.02. The quantitative estimate of drug-likeness (QED) is 0.330. The average molecular weight is 210 g/mol. The zero-order valence-corrected chi connectivity index (χ0v) is 7.08. The number of hydrogen-bond donors (Lipinski definition) is 1. The number of nitro groups is 1. The summed E-state index contributed by atoms with van der Waals surface area (Å²) in [5.41, 5.74) is -0.413. The molecule has 0 aliphatic heterocycles. The van der Waals surface area contributed by atoms with Crippen molar-refractivity contribution in [1.82, 2.24) is 0 Å². The number of nitrogens with zero attached hydrogens (tertiary/aromatic N) is 2. The number of hydrogen-bond acceptors (Lipinski definition) is 3. The van der Waals surface area contributed by atoms with Crippen molar-refractivity contribution < 1.29 is 14.9 Å². The summed E-state index contributed by atoms with van der Waals surface area (Å²) in [7, 11) is 0. The predicted octanol–water partition coefficient (Wildman–Crippen LogP) is 1.43. The van der Waals surface area contributed by atoms with Crippen molar-refractivity contribution in [3.8, 4) is 0 Å². The van der Waals surface area contributed by atoms with Gasteiger partial charge in [0.1, 0.15) is 0 Å². The minimum Gasteiger partial charge on any atom is -0.285 e. The van der Waals surface area contributed by atoms with Crippen LogP contribution in [0.4, 0.5) is 5.69 Å². The summed E-state index contributed by atoms with van der Waals surface area (Å²) in [6, 6.07) is 0. The molecule has 0 spiro atoms. The van der Waals surface area contributed by atoms with Crippen LogP contribution in [0.3, 0.4) is 0 Å². The van der Waals surface area contributed by atoms with Crippen molar-refractivity contribution in [3.63, 3.8) is 0 Å². The molecule has 12 heavy (non-hydrogen) atoms. The van der Waals surface area contributed by atoms with Crippen LogP contribution in [0.25, 0.3) is 0 Å². The third-order valence-electron chi connectivity index (χ3n) is 1.13. The van der Waals surface area contributed by atoms with Gasteiger partial charge in [-0.2, -0.15) is 0 Å². The van der Waals surface area contributed by atoms with Gasteiger partial charge in [-0.05, 0) is 0 Å². The van der Waals surface area contributed by atoms with E-state index in [0.29, 0.717) is 4.73 Å². The van der Waals surface area contributed by atoms with Gasteiger partial charge in [0, 0.05) is 4.73 Å². The first-order valence-corrected chi connectivity index (χ1v) is 3.52. The summed E-state index contributed by atoms with van der Waals surface area (Å²) in [5.74, 6) is 0. The zero-order valence-electron chi connectivity index (χ0n) is 5.57. The molecule has 1 rings (SSSR count). The van der Waals surface area contributed by atoms with Crippen LogP contribution in [0.2, 0.25) is 10.0 Å². The van der Waals surface area contributed by atoms with E-state index in [4.69, 9.17) is 28.4 Å². The number of rotatable bonds is 1. The van der Waals surface area contributed by atoms with Crippen LogP contribution in [0.1, 0.15) is 0 Å². The van der Waals surface area contributed by atoms with Crippen molar-refractivity contribution >= 4 is 28.9 Å². The summed E-state index contributed by atoms with van der Waals surface area (Å²) < 4.78 is 0.553. The fourth-order valence-corrected chi connectivity index (χ4v) is 1.27. The Kier molecular flexibility index (Phi) is 2.35. The molecule has 0 amide bonds. The molecule has 1 aromatic heterocycles. The lowest BCUT2D eigenvalue weighted by Crippen LogP contribution is -2.28. The van der Waals surface area contributed by atoms with Gasteiger partial charge in [-0.3, -0.25) is 15.3 Å². The van der Waals surface area contributed by atoms with Crippen LogP contribution in [0.15, 0.2) is 12.4 Å². The van der Waals surface area contributed by atoms with Crippen LogP contribution in [-0.4, -0.2) is 10.1 Å². The Labute approximate surface area is 76.9 Å². The van der Waals surface area contributed by atoms with Gasteiger partial charge < -0.3 is 0 Å². The molecule has 7 heteroatoms. The Balaban J connectivity index is 3.38. The average Bonchev–Trinajstić information content (AvgIpc) is 1.82. The highest BCUT2D eigenvalue weighted by Crippen LogP contribution is 2.29. The maximum atomic E-state index is 10.3. The molecule has 0 fully saturated rings. The smallest absolute Gasteiger partial charge is 0.285 e. The van der Waals surface area contributed by atoms with Crippen molar-refractivity contribution in [3.05, 3.63) is 32.6 Å². The van der Waals surface area contributed by atoms with Gasteiger partial charge >= 0.3 is 5.69 Å². The van der Waals surface area contributed by atoms with E-state index in [1.165, 1.54) is 0 Å². The third-order valence-corrected chi connectivity index (χ3v) is 1.68. The van der Waals surface area contributed by atoms with Gasteiger partial charge in [0.05, 0.1) is 4.92 Å². The van der Waals surface area contributed by atoms with Crippen molar-refractivity contribution in [2.75, 3.05) is 0 Å². The van der Waals surface area contributed by atoms with Crippen molar-refractivity contribution in [2.45, 2.75) is 0 Å². The topological polar surface area (TPSA) is 67.2 Å². The Bertz CT molecular complexity index is 318. The standard InChI is InChI=1S/C5H3Cl2N2O3/c6-3-1-8(10)2-4(7)5(3)9(11)12/h1-2,10H/q+1. The highest BCUT2D eigenvalue weighted by Gasteiger charge is 2.23. The van der Waals surface area contributed by atoms with E-state index >= 15 is 0 Å². The van der Waals surface area contributed by atoms with E-state index in [-0.39, 0.29) is 10.0 Å². The molecule has 0 bridgehead atoms.